The first-order valence-corrected chi connectivity index (χ1v) is 9.28. The predicted octanol–water partition coefficient (Wildman–Crippen LogP) is 2.49. The number of benzene rings is 1. The molecule has 0 unspecified atom stereocenters. The van der Waals surface area contributed by atoms with Crippen LogP contribution in [-0.2, 0) is 16.0 Å². The molecular formula is C19H19Cl2N3O3. The smallest absolute Gasteiger partial charge is 0.253 e. The third kappa shape index (κ3) is 5.42. The van der Waals surface area contributed by atoms with Crippen molar-refractivity contribution in [1.29, 1.82) is 0 Å². The van der Waals surface area contributed by atoms with Gasteiger partial charge in [-0.1, -0.05) is 23.2 Å². The van der Waals surface area contributed by atoms with Crippen LogP contribution in [0.15, 0.2) is 42.7 Å². The van der Waals surface area contributed by atoms with E-state index in [2.05, 4.69) is 15.6 Å². The van der Waals surface area contributed by atoms with Crippen molar-refractivity contribution in [2.75, 3.05) is 19.8 Å². The molecule has 0 aliphatic carbocycles. The minimum absolute atomic E-state index is 0.0997. The number of hydrogen-bond acceptors (Lipinski definition) is 4. The zero-order chi connectivity index (χ0) is 19.2. The Kier molecular flexibility index (Phi) is 6.66. The van der Waals surface area contributed by atoms with Crippen LogP contribution in [0.2, 0.25) is 10.0 Å². The lowest BCUT2D eigenvalue weighted by atomic mass is 9.95. The van der Waals surface area contributed by atoms with E-state index in [1.165, 1.54) is 6.07 Å². The Hall–Kier alpha value is -2.15. The van der Waals surface area contributed by atoms with Crippen LogP contribution in [0.1, 0.15) is 15.9 Å². The van der Waals surface area contributed by atoms with Crippen molar-refractivity contribution in [2.24, 2.45) is 5.92 Å². The van der Waals surface area contributed by atoms with Crippen LogP contribution in [0, 0.1) is 5.92 Å². The molecule has 0 saturated carbocycles. The highest BCUT2D eigenvalue weighted by molar-refractivity contribution is 6.35. The van der Waals surface area contributed by atoms with Gasteiger partial charge in [-0.2, -0.15) is 0 Å². The van der Waals surface area contributed by atoms with Crippen LogP contribution in [0.3, 0.4) is 0 Å². The lowest BCUT2D eigenvalue weighted by molar-refractivity contribution is -0.121. The van der Waals surface area contributed by atoms with Gasteiger partial charge in [0.05, 0.1) is 36.4 Å². The van der Waals surface area contributed by atoms with Crippen LogP contribution in [0.25, 0.3) is 0 Å². The van der Waals surface area contributed by atoms with Gasteiger partial charge in [-0.15, -0.1) is 0 Å². The van der Waals surface area contributed by atoms with E-state index < -0.39 is 5.91 Å². The molecule has 0 radical (unpaired) electrons. The molecule has 2 amide bonds. The summed E-state index contributed by atoms with van der Waals surface area (Å²) in [5.41, 5.74) is 1.38. The highest BCUT2D eigenvalue weighted by atomic mass is 35.5. The van der Waals surface area contributed by atoms with Gasteiger partial charge in [-0.05, 0) is 42.3 Å². The lowest BCUT2D eigenvalue weighted by Gasteiger charge is -2.19. The molecule has 142 valence electrons. The van der Waals surface area contributed by atoms with E-state index in [0.717, 1.165) is 12.0 Å². The Morgan fingerprint density at radius 2 is 1.93 bits per heavy atom. The van der Waals surface area contributed by atoms with Crippen molar-refractivity contribution in [3.8, 4) is 0 Å². The van der Waals surface area contributed by atoms with Gasteiger partial charge in [0.15, 0.2) is 0 Å². The predicted molar refractivity (Wildman–Crippen MR) is 103 cm³/mol. The molecule has 1 aromatic heterocycles. The second-order valence-corrected chi connectivity index (χ2v) is 7.18. The molecule has 8 heteroatoms. The molecule has 2 atom stereocenters. The molecule has 0 spiro atoms. The summed E-state index contributed by atoms with van der Waals surface area (Å²) in [5.74, 6) is -0.556. The summed E-state index contributed by atoms with van der Waals surface area (Å²) in [6, 6.07) is 8.40. The summed E-state index contributed by atoms with van der Waals surface area (Å²) >= 11 is 11.9. The van der Waals surface area contributed by atoms with E-state index in [0.29, 0.717) is 18.2 Å². The maximum atomic E-state index is 12.2. The second-order valence-electron chi connectivity index (χ2n) is 6.34. The van der Waals surface area contributed by atoms with Gasteiger partial charge in [0.1, 0.15) is 0 Å². The zero-order valence-corrected chi connectivity index (χ0v) is 16.0. The maximum absolute atomic E-state index is 12.2. The number of nitrogens with one attached hydrogen (secondary N) is 2. The van der Waals surface area contributed by atoms with E-state index in [1.807, 2.05) is 12.1 Å². The average Bonchev–Trinajstić information content (AvgIpc) is 3.09. The minimum atomic E-state index is -0.450. The molecule has 3 rings (SSSR count). The van der Waals surface area contributed by atoms with Crippen LogP contribution in [0.5, 0.6) is 0 Å². The molecular weight excluding hydrogens is 389 g/mol. The normalized spacial score (nSPS) is 18.9. The Morgan fingerprint density at radius 1 is 1.15 bits per heavy atom. The molecule has 0 bridgehead atoms. The van der Waals surface area contributed by atoms with Crippen LogP contribution in [-0.4, -0.2) is 42.6 Å². The second kappa shape index (κ2) is 9.17. The van der Waals surface area contributed by atoms with Crippen molar-refractivity contribution >= 4 is 35.0 Å². The van der Waals surface area contributed by atoms with Gasteiger partial charge in [0.25, 0.3) is 5.91 Å². The van der Waals surface area contributed by atoms with E-state index in [9.17, 15) is 9.59 Å². The van der Waals surface area contributed by atoms with Crippen molar-refractivity contribution < 1.29 is 14.3 Å². The molecule has 1 aromatic carbocycles. The molecule has 1 fully saturated rings. The monoisotopic (exact) mass is 407 g/mol. The number of ether oxygens (including phenoxy) is 1. The van der Waals surface area contributed by atoms with E-state index in [-0.39, 0.29) is 35.0 Å². The summed E-state index contributed by atoms with van der Waals surface area (Å²) in [4.78, 5) is 28.4. The first-order chi connectivity index (χ1) is 13.0. The summed E-state index contributed by atoms with van der Waals surface area (Å²) in [6.45, 7) is 0.882. The lowest BCUT2D eigenvalue weighted by Crippen LogP contribution is -2.45. The topological polar surface area (TPSA) is 80.3 Å². The van der Waals surface area contributed by atoms with E-state index in [4.69, 9.17) is 27.9 Å². The quantitative estimate of drug-likeness (QED) is 0.770. The van der Waals surface area contributed by atoms with Gasteiger partial charge in [-0.25, -0.2) is 0 Å². The molecule has 27 heavy (non-hydrogen) atoms. The zero-order valence-electron chi connectivity index (χ0n) is 14.5. The van der Waals surface area contributed by atoms with Gasteiger partial charge >= 0.3 is 0 Å². The standard InChI is InChI=1S/C19H19Cl2N3O3/c20-14-1-2-16(21)15(8-14)19(26)23-9-18(25)24-17-11-27-10-13(17)7-12-3-5-22-6-4-12/h1-6,8,13,17H,7,9-11H2,(H,23,26)(H,24,25)/t13-,17+/m1/s1. The van der Waals surface area contributed by atoms with Gasteiger partial charge < -0.3 is 15.4 Å². The van der Waals surface area contributed by atoms with E-state index >= 15 is 0 Å². The summed E-state index contributed by atoms with van der Waals surface area (Å²) in [5, 5.41) is 6.17. The molecule has 6 nitrogen and oxygen atoms in total. The van der Waals surface area contributed by atoms with Gasteiger partial charge in [0, 0.05) is 23.3 Å². The van der Waals surface area contributed by atoms with Crippen LogP contribution < -0.4 is 10.6 Å². The number of carbonyl (C=O) groups is 2. The summed E-state index contributed by atoms with van der Waals surface area (Å²) < 4.78 is 5.52. The third-order valence-electron chi connectivity index (χ3n) is 4.37. The van der Waals surface area contributed by atoms with Gasteiger partial charge in [0.2, 0.25) is 5.91 Å². The fourth-order valence-electron chi connectivity index (χ4n) is 2.97. The number of amides is 2. The first-order valence-electron chi connectivity index (χ1n) is 8.52. The number of halogens is 2. The van der Waals surface area contributed by atoms with Gasteiger partial charge in [-0.3, -0.25) is 14.6 Å². The summed E-state index contributed by atoms with van der Waals surface area (Å²) in [7, 11) is 0. The van der Waals surface area contributed by atoms with Crippen molar-refractivity contribution in [3.63, 3.8) is 0 Å². The Morgan fingerprint density at radius 3 is 2.70 bits per heavy atom. The number of pyridine rings is 1. The Balaban J connectivity index is 1.51. The Bertz CT molecular complexity index is 817. The SMILES string of the molecule is O=C(CNC(=O)c1cc(Cl)ccc1Cl)N[C@H]1COC[C@H]1Cc1ccncc1. The maximum Gasteiger partial charge on any atom is 0.253 e. The fourth-order valence-corrected chi connectivity index (χ4v) is 3.34. The average molecular weight is 408 g/mol. The van der Waals surface area contributed by atoms with E-state index in [1.54, 1.807) is 24.5 Å². The third-order valence-corrected chi connectivity index (χ3v) is 4.94. The van der Waals surface area contributed by atoms with Crippen molar-refractivity contribution in [3.05, 3.63) is 63.9 Å². The molecule has 1 aliphatic heterocycles. The Labute approximate surface area is 167 Å². The number of carbonyl (C=O) groups excluding carboxylic acids is 2. The molecule has 2 aromatic rings. The highest BCUT2D eigenvalue weighted by Crippen LogP contribution is 2.21. The van der Waals surface area contributed by atoms with Crippen molar-refractivity contribution in [2.45, 2.75) is 12.5 Å². The first kappa shape index (κ1) is 19.6. The molecule has 1 saturated heterocycles. The molecule has 2 heterocycles. The fraction of sp³-hybridized carbons (Fsp3) is 0.316. The summed E-state index contributed by atoms with van der Waals surface area (Å²) in [6.07, 6.45) is 4.28. The van der Waals surface area contributed by atoms with Crippen molar-refractivity contribution in [1.82, 2.24) is 15.6 Å². The molecule has 2 N–H and O–H groups in total. The number of nitrogens with zero attached hydrogens (tertiary/aromatic N) is 1. The number of hydrogen-bond donors (Lipinski definition) is 2. The number of rotatable bonds is 6. The van der Waals surface area contributed by atoms with Crippen LogP contribution in [0.4, 0.5) is 0 Å². The number of aromatic nitrogens is 1. The van der Waals surface area contributed by atoms with Crippen LogP contribution >= 0.6 is 23.2 Å². The largest absolute Gasteiger partial charge is 0.379 e. The highest BCUT2D eigenvalue weighted by Gasteiger charge is 2.29. The molecule has 1 aliphatic rings. The minimum Gasteiger partial charge on any atom is -0.379 e.